The van der Waals surface area contributed by atoms with Gasteiger partial charge in [-0.3, -0.25) is 4.79 Å². The summed E-state index contributed by atoms with van der Waals surface area (Å²) >= 11 is 11.7. The minimum absolute atomic E-state index is 0.213. The molecule has 2 heterocycles. The maximum Gasteiger partial charge on any atom is 0.255 e. The van der Waals surface area contributed by atoms with Crippen LogP contribution in [0.2, 0.25) is 10.2 Å². The second-order valence-corrected chi connectivity index (χ2v) is 4.94. The summed E-state index contributed by atoms with van der Waals surface area (Å²) in [7, 11) is 1.69. The van der Waals surface area contributed by atoms with Crippen LogP contribution in [0, 0.1) is 6.92 Å². The maximum atomic E-state index is 12.3. The van der Waals surface area contributed by atoms with Crippen molar-refractivity contribution < 1.29 is 9.21 Å². The monoisotopic (exact) mass is 298 g/mol. The predicted molar refractivity (Wildman–Crippen MR) is 73.5 cm³/mol. The Bertz CT molecular complexity index is 610. The van der Waals surface area contributed by atoms with Gasteiger partial charge in [0.15, 0.2) is 0 Å². The molecule has 19 heavy (non-hydrogen) atoms. The van der Waals surface area contributed by atoms with E-state index in [1.54, 1.807) is 18.2 Å². The molecule has 0 bridgehead atoms. The molecule has 0 atom stereocenters. The number of amides is 1. The molecule has 0 radical (unpaired) electrons. The van der Waals surface area contributed by atoms with Crippen LogP contribution in [0.1, 0.15) is 21.7 Å². The summed E-state index contributed by atoms with van der Waals surface area (Å²) in [6, 6.07) is 3.30. The molecule has 0 aliphatic rings. The fraction of sp³-hybridized carbons (Fsp3) is 0.231. The van der Waals surface area contributed by atoms with Crippen molar-refractivity contribution in [1.82, 2.24) is 9.88 Å². The molecule has 6 heteroatoms. The molecule has 2 rings (SSSR count). The molecule has 4 nitrogen and oxygen atoms in total. The molecule has 0 unspecified atom stereocenters. The van der Waals surface area contributed by atoms with E-state index in [1.807, 2.05) is 13.0 Å². The summed E-state index contributed by atoms with van der Waals surface area (Å²) in [5, 5.41) is 0.519. The standard InChI is InChI=1S/C13H12Cl2N2O2/c1-8-9(3-4-19-8)7-17(2)13(18)10-5-12(15)16-6-11(10)14/h3-6H,7H2,1-2H3. The Morgan fingerprint density at radius 1 is 1.47 bits per heavy atom. The highest BCUT2D eigenvalue weighted by atomic mass is 35.5. The highest BCUT2D eigenvalue weighted by Crippen LogP contribution is 2.21. The van der Waals surface area contributed by atoms with Crippen LogP contribution in [0.4, 0.5) is 0 Å². The first-order valence-electron chi connectivity index (χ1n) is 5.58. The molecule has 100 valence electrons. The van der Waals surface area contributed by atoms with E-state index < -0.39 is 0 Å². The van der Waals surface area contributed by atoms with Gasteiger partial charge in [-0.1, -0.05) is 23.2 Å². The topological polar surface area (TPSA) is 46.3 Å². The third-order valence-corrected chi connectivity index (χ3v) is 3.28. The average Bonchev–Trinajstić information content (AvgIpc) is 2.77. The fourth-order valence-corrected chi connectivity index (χ4v) is 2.03. The number of hydrogen-bond acceptors (Lipinski definition) is 3. The second-order valence-electron chi connectivity index (χ2n) is 4.15. The zero-order valence-corrected chi connectivity index (χ0v) is 12.0. The van der Waals surface area contributed by atoms with Gasteiger partial charge in [-0.25, -0.2) is 4.98 Å². The van der Waals surface area contributed by atoms with Gasteiger partial charge in [-0.05, 0) is 19.1 Å². The molecule has 0 saturated heterocycles. The van der Waals surface area contributed by atoms with Crippen molar-refractivity contribution in [1.29, 1.82) is 0 Å². The first-order valence-corrected chi connectivity index (χ1v) is 6.34. The Labute approximate surface area is 120 Å². The van der Waals surface area contributed by atoms with Gasteiger partial charge in [0.2, 0.25) is 0 Å². The van der Waals surface area contributed by atoms with Crippen molar-refractivity contribution in [2.75, 3.05) is 7.05 Å². The summed E-state index contributed by atoms with van der Waals surface area (Å²) in [4.78, 5) is 17.6. The number of rotatable bonds is 3. The molecule has 0 saturated carbocycles. The van der Waals surface area contributed by atoms with Gasteiger partial charge in [-0.2, -0.15) is 0 Å². The van der Waals surface area contributed by atoms with E-state index in [1.165, 1.54) is 12.3 Å². The highest BCUT2D eigenvalue weighted by Gasteiger charge is 2.17. The summed E-state index contributed by atoms with van der Waals surface area (Å²) < 4.78 is 5.20. The van der Waals surface area contributed by atoms with Gasteiger partial charge < -0.3 is 9.32 Å². The summed E-state index contributed by atoms with van der Waals surface area (Å²) in [6.07, 6.45) is 2.97. The van der Waals surface area contributed by atoms with Crippen LogP contribution in [0.15, 0.2) is 29.0 Å². The average molecular weight is 299 g/mol. The quantitative estimate of drug-likeness (QED) is 0.814. The van der Waals surface area contributed by atoms with E-state index in [9.17, 15) is 4.79 Å². The number of carbonyl (C=O) groups excluding carboxylic acids is 1. The first-order chi connectivity index (χ1) is 8.99. The van der Waals surface area contributed by atoms with Gasteiger partial charge in [0.25, 0.3) is 5.91 Å². The minimum atomic E-state index is -0.213. The van der Waals surface area contributed by atoms with Gasteiger partial charge >= 0.3 is 0 Å². The fourth-order valence-electron chi connectivity index (χ4n) is 1.69. The van der Waals surface area contributed by atoms with Crippen molar-refractivity contribution >= 4 is 29.1 Å². The maximum absolute atomic E-state index is 12.3. The van der Waals surface area contributed by atoms with Gasteiger partial charge in [-0.15, -0.1) is 0 Å². The third kappa shape index (κ3) is 3.08. The zero-order valence-electron chi connectivity index (χ0n) is 10.5. The Hall–Kier alpha value is -1.52. The normalized spacial score (nSPS) is 10.5. The minimum Gasteiger partial charge on any atom is -0.469 e. The lowest BCUT2D eigenvalue weighted by Crippen LogP contribution is -2.26. The predicted octanol–water partition coefficient (Wildman–Crippen LogP) is 3.56. The Morgan fingerprint density at radius 3 is 2.84 bits per heavy atom. The van der Waals surface area contributed by atoms with Crippen LogP contribution in [0.25, 0.3) is 0 Å². The van der Waals surface area contributed by atoms with E-state index in [2.05, 4.69) is 4.98 Å². The lowest BCUT2D eigenvalue weighted by molar-refractivity contribution is 0.0784. The van der Waals surface area contributed by atoms with Crippen molar-refractivity contribution in [3.05, 3.63) is 51.7 Å². The Kier molecular flexibility index (Phi) is 4.12. The van der Waals surface area contributed by atoms with Crippen LogP contribution < -0.4 is 0 Å². The molecule has 0 spiro atoms. The van der Waals surface area contributed by atoms with E-state index in [4.69, 9.17) is 27.6 Å². The number of aryl methyl sites for hydroxylation is 1. The molecular formula is C13H12Cl2N2O2. The summed E-state index contributed by atoms with van der Waals surface area (Å²) in [6.45, 7) is 2.29. The van der Waals surface area contributed by atoms with Crippen LogP contribution in [-0.2, 0) is 6.54 Å². The first kappa shape index (κ1) is 13.9. The van der Waals surface area contributed by atoms with Crippen LogP contribution in [-0.4, -0.2) is 22.8 Å². The number of halogens is 2. The van der Waals surface area contributed by atoms with Crippen LogP contribution in [0.3, 0.4) is 0 Å². The molecular weight excluding hydrogens is 287 g/mol. The zero-order chi connectivity index (χ0) is 14.0. The van der Waals surface area contributed by atoms with E-state index in [0.717, 1.165) is 11.3 Å². The number of hydrogen-bond donors (Lipinski definition) is 0. The summed E-state index contributed by atoms with van der Waals surface area (Å²) in [5.74, 6) is 0.577. The lowest BCUT2D eigenvalue weighted by atomic mass is 10.2. The Morgan fingerprint density at radius 2 is 2.21 bits per heavy atom. The van der Waals surface area contributed by atoms with Crippen molar-refractivity contribution in [2.45, 2.75) is 13.5 Å². The van der Waals surface area contributed by atoms with E-state index >= 15 is 0 Å². The highest BCUT2D eigenvalue weighted by molar-refractivity contribution is 6.35. The van der Waals surface area contributed by atoms with Gasteiger partial charge in [0.1, 0.15) is 10.9 Å². The second kappa shape index (κ2) is 5.63. The Balaban J connectivity index is 2.19. The lowest BCUT2D eigenvalue weighted by Gasteiger charge is -2.17. The number of pyridine rings is 1. The molecule has 2 aromatic rings. The SMILES string of the molecule is Cc1occc1CN(C)C(=O)c1cc(Cl)ncc1Cl. The van der Waals surface area contributed by atoms with Crippen LogP contribution >= 0.6 is 23.2 Å². The molecule has 0 N–H and O–H groups in total. The number of nitrogens with zero attached hydrogens (tertiary/aromatic N) is 2. The van der Waals surface area contributed by atoms with Crippen LogP contribution in [0.5, 0.6) is 0 Å². The molecule has 2 aromatic heterocycles. The number of aromatic nitrogens is 1. The molecule has 0 aliphatic carbocycles. The van der Waals surface area contributed by atoms with Crippen molar-refractivity contribution in [3.8, 4) is 0 Å². The van der Waals surface area contributed by atoms with Crippen molar-refractivity contribution in [2.24, 2.45) is 0 Å². The van der Waals surface area contributed by atoms with E-state index in [-0.39, 0.29) is 16.1 Å². The third-order valence-electron chi connectivity index (χ3n) is 2.77. The molecule has 0 aliphatic heterocycles. The summed E-state index contributed by atoms with van der Waals surface area (Å²) in [5.41, 5.74) is 1.29. The molecule has 0 fully saturated rings. The van der Waals surface area contributed by atoms with Crippen molar-refractivity contribution in [3.63, 3.8) is 0 Å². The number of carbonyl (C=O) groups is 1. The van der Waals surface area contributed by atoms with Gasteiger partial charge in [0, 0.05) is 25.4 Å². The number of furan rings is 1. The molecule has 0 aromatic carbocycles. The van der Waals surface area contributed by atoms with Gasteiger partial charge in [0.05, 0.1) is 16.8 Å². The molecule has 1 amide bonds. The van der Waals surface area contributed by atoms with E-state index in [0.29, 0.717) is 12.1 Å². The largest absolute Gasteiger partial charge is 0.469 e. The smallest absolute Gasteiger partial charge is 0.255 e.